The summed E-state index contributed by atoms with van der Waals surface area (Å²) in [4.78, 5) is 0. The Labute approximate surface area is 74.5 Å². The Morgan fingerprint density at radius 1 is 1.50 bits per heavy atom. The summed E-state index contributed by atoms with van der Waals surface area (Å²) in [6.07, 6.45) is 4.94. The zero-order valence-corrected chi connectivity index (χ0v) is 7.92. The highest BCUT2D eigenvalue weighted by Gasteiger charge is 2.20. The van der Waals surface area contributed by atoms with E-state index in [0.29, 0.717) is 6.10 Å². The Hall–Kier alpha value is -0.550. The number of ether oxygens (including phenoxy) is 1. The van der Waals surface area contributed by atoms with Gasteiger partial charge in [0, 0.05) is 0 Å². The fourth-order valence-corrected chi connectivity index (χ4v) is 1.82. The van der Waals surface area contributed by atoms with Gasteiger partial charge in [0.2, 0.25) is 0 Å². The smallest absolute Gasteiger partial charge is 0.141 e. The Bertz CT molecular complexity index is 173. The molecule has 0 amide bonds. The van der Waals surface area contributed by atoms with Gasteiger partial charge in [-0.1, -0.05) is 19.8 Å². The average Bonchev–Trinajstić information content (AvgIpc) is 2.04. The summed E-state index contributed by atoms with van der Waals surface area (Å²) in [5.74, 6) is 0.773. The molecule has 0 spiro atoms. The van der Waals surface area contributed by atoms with Gasteiger partial charge in [-0.05, 0) is 25.7 Å². The van der Waals surface area contributed by atoms with Crippen LogP contribution in [0.1, 0.15) is 39.5 Å². The highest BCUT2D eigenvalue weighted by Crippen LogP contribution is 2.26. The summed E-state index contributed by atoms with van der Waals surface area (Å²) in [7, 11) is 0. The van der Waals surface area contributed by atoms with Crippen molar-refractivity contribution in [3.8, 4) is 6.07 Å². The quantitative estimate of drug-likeness (QED) is 0.633. The van der Waals surface area contributed by atoms with Crippen LogP contribution in [-0.2, 0) is 4.74 Å². The molecule has 1 saturated carbocycles. The molecular formula is C10H17NO. The van der Waals surface area contributed by atoms with Crippen molar-refractivity contribution < 1.29 is 4.74 Å². The first kappa shape index (κ1) is 9.54. The summed E-state index contributed by atoms with van der Waals surface area (Å²) in [5, 5.41) is 8.56. The van der Waals surface area contributed by atoms with Gasteiger partial charge in [0.25, 0.3) is 0 Å². The second kappa shape index (κ2) is 4.47. The SMILES string of the molecule is CC1CCCC(OC(C)C#N)C1. The van der Waals surface area contributed by atoms with E-state index in [1.165, 1.54) is 12.8 Å². The first-order chi connectivity index (χ1) is 5.72. The van der Waals surface area contributed by atoms with E-state index in [1.54, 1.807) is 0 Å². The van der Waals surface area contributed by atoms with E-state index in [4.69, 9.17) is 10.00 Å². The molecule has 1 rings (SSSR count). The van der Waals surface area contributed by atoms with Crippen LogP contribution in [0.2, 0.25) is 0 Å². The van der Waals surface area contributed by atoms with Gasteiger partial charge in [0.15, 0.2) is 0 Å². The maximum atomic E-state index is 8.56. The first-order valence-corrected chi connectivity index (χ1v) is 4.77. The Morgan fingerprint density at radius 3 is 2.83 bits per heavy atom. The monoisotopic (exact) mass is 167 g/mol. The van der Waals surface area contributed by atoms with Crippen LogP contribution < -0.4 is 0 Å². The lowest BCUT2D eigenvalue weighted by molar-refractivity contribution is -0.00649. The van der Waals surface area contributed by atoms with E-state index in [9.17, 15) is 0 Å². The van der Waals surface area contributed by atoms with Crippen LogP contribution in [0.15, 0.2) is 0 Å². The molecule has 1 fully saturated rings. The van der Waals surface area contributed by atoms with Crippen LogP contribution in [-0.4, -0.2) is 12.2 Å². The maximum absolute atomic E-state index is 8.56. The predicted octanol–water partition coefficient (Wildman–Crippen LogP) is 2.49. The van der Waals surface area contributed by atoms with Crippen molar-refractivity contribution in [3.05, 3.63) is 0 Å². The molecule has 3 unspecified atom stereocenters. The van der Waals surface area contributed by atoms with Crippen molar-refractivity contribution in [2.75, 3.05) is 0 Å². The number of hydrogen-bond acceptors (Lipinski definition) is 2. The largest absolute Gasteiger partial charge is 0.360 e. The lowest BCUT2D eigenvalue weighted by atomic mass is 9.88. The van der Waals surface area contributed by atoms with Crippen LogP contribution in [0, 0.1) is 17.2 Å². The summed E-state index contributed by atoms with van der Waals surface area (Å²) in [6.45, 7) is 4.08. The lowest BCUT2D eigenvalue weighted by Gasteiger charge is -2.27. The van der Waals surface area contributed by atoms with Crippen molar-refractivity contribution >= 4 is 0 Å². The lowest BCUT2D eigenvalue weighted by Crippen LogP contribution is -2.24. The molecule has 1 aliphatic carbocycles. The highest BCUT2D eigenvalue weighted by molar-refractivity contribution is 4.82. The molecule has 0 heterocycles. The highest BCUT2D eigenvalue weighted by atomic mass is 16.5. The fraction of sp³-hybridized carbons (Fsp3) is 0.900. The summed E-state index contributed by atoms with van der Waals surface area (Å²) < 4.78 is 5.55. The maximum Gasteiger partial charge on any atom is 0.141 e. The van der Waals surface area contributed by atoms with Crippen molar-refractivity contribution in [2.45, 2.75) is 51.7 Å². The molecule has 1 aliphatic rings. The van der Waals surface area contributed by atoms with Crippen LogP contribution in [0.25, 0.3) is 0 Å². The van der Waals surface area contributed by atoms with Gasteiger partial charge >= 0.3 is 0 Å². The third-order valence-corrected chi connectivity index (χ3v) is 2.47. The molecule has 0 bridgehead atoms. The van der Waals surface area contributed by atoms with Gasteiger partial charge < -0.3 is 4.74 Å². The zero-order valence-electron chi connectivity index (χ0n) is 7.92. The zero-order chi connectivity index (χ0) is 8.97. The molecule has 0 aliphatic heterocycles. The predicted molar refractivity (Wildman–Crippen MR) is 47.6 cm³/mol. The van der Waals surface area contributed by atoms with Crippen LogP contribution >= 0.6 is 0 Å². The molecule has 3 atom stereocenters. The number of hydrogen-bond donors (Lipinski definition) is 0. The van der Waals surface area contributed by atoms with Crippen molar-refractivity contribution in [2.24, 2.45) is 5.92 Å². The third kappa shape index (κ3) is 2.83. The molecular weight excluding hydrogens is 150 g/mol. The van der Waals surface area contributed by atoms with Crippen LogP contribution in [0.5, 0.6) is 0 Å². The third-order valence-electron chi connectivity index (χ3n) is 2.47. The van der Waals surface area contributed by atoms with Gasteiger partial charge in [0.05, 0.1) is 12.2 Å². The van der Waals surface area contributed by atoms with Gasteiger partial charge in [-0.15, -0.1) is 0 Å². The molecule has 0 aromatic rings. The normalized spacial score (nSPS) is 32.4. The van der Waals surface area contributed by atoms with E-state index in [2.05, 4.69) is 13.0 Å². The average molecular weight is 167 g/mol. The fourth-order valence-electron chi connectivity index (χ4n) is 1.82. The number of nitrogens with zero attached hydrogens (tertiary/aromatic N) is 1. The Balaban J connectivity index is 2.28. The molecule has 68 valence electrons. The van der Waals surface area contributed by atoms with E-state index >= 15 is 0 Å². The summed E-state index contributed by atoms with van der Waals surface area (Å²) >= 11 is 0. The minimum atomic E-state index is -0.236. The molecule has 0 saturated heterocycles. The Kier molecular flexibility index (Phi) is 3.55. The molecule has 2 heteroatoms. The van der Waals surface area contributed by atoms with Gasteiger partial charge in [-0.3, -0.25) is 0 Å². The van der Waals surface area contributed by atoms with Gasteiger partial charge in [0.1, 0.15) is 6.10 Å². The minimum absolute atomic E-state index is 0.236. The summed E-state index contributed by atoms with van der Waals surface area (Å²) in [5.41, 5.74) is 0. The molecule has 2 nitrogen and oxygen atoms in total. The van der Waals surface area contributed by atoms with E-state index in [-0.39, 0.29) is 6.10 Å². The van der Waals surface area contributed by atoms with Crippen molar-refractivity contribution in [1.82, 2.24) is 0 Å². The standard InChI is InChI=1S/C10H17NO/c1-8-4-3-5-10(6-8)12-9(2)7-11/h8-10H,3-6H2,1-2H3. The van der Waals surface area contributed by atoms with Crippen molar-refractivity contribution in [1.29, 1.82) is 5.26 Å². The van der Waals surface area contributed by atoms with Gasteiger partial charge in [-0.25, -0.2) is 0 Å². The molecule has 0 N–H and O–H groups in total. The summed E-state index contributed by atoms with van der Waals surface area (Å²) in [6, 6.07) is 2.10. The number of nitriles is 1. The second-order valence-corrected chi connectivity index (χ2v) is 3.80. The van der Waals surface area contributed by atoms with Crippen LogP contribution in [0.4, 0.5) is 0 Å². The van der Waals surface area contributed by atoms with Crippen LogP contribution in [0.3, 0.4) is 0 Å². The van der Waals surface area contributed by atoms with Gasteiger partial charge in [-0.2, -0.15) is 5.26 Å². The minimum Gasteiger partial charge on any atom is -0.360 e. The van der Waals surface area contributed by atoms with E-state index < -0.39 is 0 Å². The van der Waals surface area contributed by atoms with E-state index in [0.717, 1.165) is 18.8 Å². The molecule has 0 radical (unpaired) electrons. The molecule has 0 aromatic heterocycles. The first-order valence-electron chi connectivity index (χ1n) is 4.77. The molecule has 12 heavy (non-hydrogen) atoms. The molecule has 0 aromatic carbocycles. The van der Waals surface area contributed by atoms with Crippen molar-refractivity contribution in [3.63, 3.8) is 0 Å². The second-order valence-electron chi connectivity index (χ2n) is 3.80. The topological polar surface area (TPSA) is 33.0 Å². The van der Waals surface area contributed by atoms with E-state index in [1.807, 2.05) is 6.92 Å². The Morgan fingerprint density at radius 2 is 2.25 bits per heavy atom. The number of rotatable bonds is 2.